The summed E-state index contributed by atoms with van der Waals surface area (Å²) < 4.78 is 7.18. The van der Waals surface area contributed by atoms with Gasteiger partial charge in [0.2, 0.25) is 0 Å². The van der Waals surface area contributed by atoms with E-state index >= 15 is 0 Å². The van der Waals surface area contributed by atoms with Crippen LogP contribution in [0.4, 0.5) is 5.69 Å². The molecule has 0 bridgehead atoms. The molecule has 1 aromatic carbocycles. The van der Waals surface area contributed by atoms with E-state index in [0.717, 1.165) is 5.56 Å². The molecular weight excluding hydrogens is 234 g/mol. The van der Waals surface area contributed by atoms with Crippen LogP contribution in [0.1, 0.15) is 15.9 Å². The highest BCUT2D eigenvalue weighted by molar-refractivity contribution is 5.93. The molecule has 2 aromatic rings. The summed E-state index contributed by atoms with van der Waals surface area (Å²) >= 11 is 0. The number of aromatic nitrogens is 2. The molecule has 0 fully saturated rings. The number of nitrogen functional groups attached to an aromatic ring is 1. The number of benzene rings is 1. The van der Waals surface area contributed by atoms with Gasteiger partial charge in [-0.1, -0.05) is 0 Å². The van der Waals surface area contributed by atoms with E-state index < -0.39 is 5.97 Å². The second-order valence-corrected chi connectivity index (χ2v) is 3.87. The van der Waals surface area contributed by atoms with Gasteiger partial charge in [0.05, 0.1) is 11.8 Å². The number of aryl methyl sites for hydroxylation is 1. The zero-order chi connectivity index (χ0) is 13.1. The minimum atomic E-state index is -1.05. The van der Waals surface area contributed by atoms with Gasteiger partial charge in [-0.05, 0) is 12.1 Å². The zero-order valence-corrected chi connectivity index (χ0v) is 9.83. The second kappa shape index (κ2) is 4.79. The third-order valence-corrected chi connectivity index (χ3v) is 2.42. The van der Waals surface area contributed by atoms with Crippen LogP contribution in [-0.4, -0.2) is 20.9 Å². The monoisotopic (exact) mass is 247 g/mol. The molecule has 0 saturated heterocycles. The van der Waals surface area contributed by atoms with Gasteiger partial charge in [-0.2, -0.15) is 5.10 Å². The summed E-state index contributed by atoms with van der Waals surface area (Å²) in [6, 6.07) is 4.51. The maximum absolute atomic E-state index is 10.8. The van der Waals surface area contributed by atoms with Crippen molar-refractivity contribution in [1.29, 1.82) is 0 Å². The van der Waals surface area contributed by atoms with Crippen molar-refractivity contribution in [3.8, 4) is 5.75 Å². The number of anilines is 1. The van der Waals surface area contributed by atoms with Gasteiger partial charge in [-0.15, -0.1) is 0 Å². The van der Waals surface area contributed by atoms with Crippen molar-refractivity contribution >= 4 is 11.7 Å². The number of hydrogen-bond donors (Lipinski definition) is 2. The van der Waals surface area contributed by atoms with Crippen molar-refractivity contribution in [2.75, 3.05) is 5.73 Å². The van der Waals surface area contributed by atoms with E-state index in [1.165, 1.54) is 12.1 Å². The number of nitrogens with two attached hydrogens (primary N) is 1. The molecule has 0 aliphatic carbocycles. The summed E-state index contributed by atoms with van der Waals surface area (Å²) in [6.07, 6.45) is 3.55. The van der Waals surface area contributed by atoms with Crippen molar-refractivity contribution in [2.24, 2.45) is 7.05 Å². The number of carboxylic acids is 1. The van der Waals surface area contributed by atoms with Crippen LogP contribution < -0.4 is 10.5 Å². The molecule has 0 saturated carbocycles. The molecule has 0 unspecified atom stereocenters. The third-order valence-electron chi connectivity index (χ3n) is 2.42. The third kappa shape index (κ3) is 2.60. The van der Waals surface area contributed by atoms with E-state index in [0.29, 0.717) is 12.4 Å². The summed E-state index contributed by atoms with van der Waals surface area (Å²) in [4.78, 5) is 10.8. The minimum Gasteiger partial charge on any atom is -0.489 e. The quantitative estimate of drug-likeness (QED) is 0.794. The molecule has 18 heavy (non-hydrogen) atoms. The Morgan fingerprint density at radius 3 is 2.89 bits per heavy atom. The lowest BCUT2D eigenvalue weighted by atomic mass is 10.2. The van der Waals surface area contributed by atoms with E-state index in [9.17, 15) is 4.79 Å². The lowest BCUT2D eigenvalue weighted by Gasteiger charge is -2.07. The number of aromatic carboxylic acids is 1. The first-order chi connectivity index (χ1) is 8.56. The van der Waals surface area contributed by atoms with Crippen molar-refractivity contribution in [1.82, 2.24) is 9.78 Å². The van der Waals surface area contributed by atoms with Crippen molar-refractivity contribution in [3.63, 3.8) is 0 Å². The lowest BCUT2D eigenvalue weighted by Crippen LogP contribution is -2.03. The standard InChI is InChI=1S/C12H13N3O3/c1-15-6-8(5-14-15)7-18-9-2-3-10(12(16)17)11(13)4-9/h2-6H,7,13H2,1H3,(H,16,17). The van der Waals surface area contributed by atoms with Gasteiger partial charge in [-0.3, -0.25) is 4.68 Å². The zero-order valence-electron chi connectivity index (χ0n) is 9.83. The molecule has 2 rings (SSSR count). The highest BCUT2D eigenvalue weighted by atomic mass is 16.5. The molecule has 0 radical (unpaired) electrons. The second-order valence-electron chi connectivity index (χ2n) is 3.87. The van der Waals surface area contributed by atoms with Gasteiger partial charge < -0.3 is 15.6 Å². The molecule has 0 aliphatic heterocycles. The van der Waals surface area contributed by atoms with Crippen LogP contribution in [-0.2, 0) is 13.7 Å². The van der Waals surface area contributed by atoms with Crippen LogP contribution in [0.5, 0.6) is 5.75 Å². The van der Waals surface area contributed by atoms with Gasteiger partial charge in [0.1, 0.15) is 12.4 Å². The molecule has 0 amide bonds. The van der Waals surface area contributed by atoms with Gasteiger partial charge in [0.15, 0.2) is 0 Å². The molecule has 1 heterocycles. The first-order valence-electron chi connectivity index (χ1n) is 5.29. The van der Waals surface area contributed by atoms with Gasteiger partial charge in [0.25, 0.3) is 0 Å². The topological polar surface area (TPSA) is 90.4 Å². The summed E-state index contributed by atoms with van der Waals surface area (Å²) in [5.74, 6) is -0.521. The number of nitrogens with zero attached hydrogens (tertiary/aromatic N) is 2. The number of rotatable bonds is 4. The Labute approximate surface area is 104 Å². The van der Waals surface area contributed by atoms with Gasteiger partial charge in [0, 0.05) is 30.6 Å². The molecular formula is C12H13N3O3. The predicted octanol–water partition coefficient (Wildman–Crippen LogP) is 1.28. The van der Waals surface area contributed by atoms with E-state index in [2.05, 4.69) is 5.10 Å². The van der Waals surface area contributed by atoms with Crippen molar-refractivity contribution in [2.45, 2.75) is 6.61 Å². The maximum Gasteiger partial charge on any atom is 0.337 e. The molecule has 3 N–H and O–H groups in total. The van der Waals surface area contributed by atoms with E-state index in [-0.39, 0.29) is 11.3 Å². The van der Waals surface area contributed by atoms with Crippen LogP contribution >= 0.6 is 0 Å². The van der Waals surface area contributed by atoms with Crippen LogP contribution in [0, 0.1) is 0 Å². The molecule has 1 aromatic heterocycles. The fraction of sp³-hybridized carbons (Fsp3) is 0.167. The average Bonchev–Trinajstić information content (AvgIpc) is 2.72. The molecule has 0 spiro atoms. The van der Waals surface area contributed by atoms with Gasteiger partial charge >= 0.3 is 5.97 Å². The largest absolute Gasteiger partial charge is 0.489 e. The Balaban J connectivity index is 2.06. The predicted molar refractivity (Wildman–Crippen MR) is 65.4 cm³/mol. The Morgan fingerprint density at radius 2 is 2.33 bits per heavy atom. The highest BCUT2D eigenvalue weighted by Gasteiger charge is 2.08. The Hall–Kier alpha value is -2.50. The average molecular weight is 247 g/mol. The smallest absolute Gasteiger partial charge is 0.337 e. The summed E-state index contributed by atoms with van der Waals surface area (Å²) in [5.41, 5.74) is 6.81. The number of hydrogen-bond acceptors (Lipinski definition) is 4. The Bertz CT molecular complexity index is 578. The van der Waals surface area contributed by atoms with Crippen LogP contribution in [0.15, 0.2) is 30.6 Å². The lowest BCUT2D eigenvalue weighted by molar-refractivity contribution is 0.0698. The number of carboxylic acid groups (broad SMARTS) is 1. The molecule has 0 atom stereocenters. The van der Waals surface area contributed by atoms with Crippen molar-refractivity contribution in [3.05, 3.63) is 41.7 Å². The number of ether oxygens (including phenoxy) is 1. The van der Waals surface area contributed by atoms with E-state index in [4.69, 9.17) is 15.6 Å². The van der Waals surface area contributed by atoms with Crippen LogP contribution in [0.2, 0.25) is 0 Å². The fourth-order valence-corrected chi connectivity index (χ4v) is 1.54. The molecule has 94 valence electrons. The van der Waals surface area contributed by atoms with Gasteiger partial charge in [-0.25, -0.2) is 4.79 Å². The van der Waals surface area contributed by atoms with Crippen LogP contribution in [0.3, 0.4) is 0 Å². The molecule has 0 aliphatic rings. The van der Waals surface area contributed by atoms with Crippen molar-refractivity contribution < 1.29 is 14.6 Å². The summed E-state index contributed by atoms with van der Waals surface area (Å²) in [5, 5.41) is 12.9. The maximum atomic E-state index is 10.8. The number of carbonyl (C=O) groups is 1. The molecule has 6 nitrogen and oxygen atoms in total. The first kappa shape index (κ1) is 12.0. The Morgan fingerprint density at radius 1 is 1.56 bits per heavy atom. The fourth-order valence-electron chi connectivity index (χ4n) is 1.54. The van der Waals surface area contributed by atoms with Crippen LogP contribution in [0.25, 0.3) is 0 Å². The minimum absolute atomic E-state index is 0.0729. The summed E-state index contributed by atoms with van der Waals surface area (Å²) in [7, 11) is 1.82. The summed E-state index contributed by atoms with van der Waals surface area (Å²) in [6.45, 7) is 0.361. The van der Waals surface area contributed by atoms with E-state index in [1.807, 2.05) is 13.2 Å². The highest BCUT2D eigenvalue weighted by Crippen LogP contribution is 2.20. The normalized spacial score (nSPS) is 10.3. The molecule has 6 heteroatoms. The van der Waals surface area contributed by atoms with E-state index in [1.54, 1.807) is 16.9 Å². The first-order valence-corrected chi connectivity index (χ1v) is 5.29. The SMILES string of the molecule is Cn1cc(COc2ccc(C(=O)O)c(N)c2)cn1. The Kier molecular flexibility index (Phi) is 3.18.